The molecule has 0 radical (unpaired) electrons. The molecule has 2 N–H and O–H groups in total. The normalized spacial score (nSPS) is 11.2. The lowest BCUT2D eigenvalue weighted by Gasteiger charge is -2.10. The molecule has 0 aliphatic heterocycles. The predicted molar refractivity (Wildman–Crippen MR) is 80.6 cm³/mol. The van der Waals surface area contributed by atoms with E-state index in [1.165, 1.54) is 18.2 Å². The average Bonchev–Trinajstić information content (AvgIpc) is 2.42. The molecule has 0 aromatic heterocycles. The summed E-state index contributed by atoms with van der Waals surface area (Å²) in [7, 11) is -4.32. The fourth-order valence-electron chi connectivity index (χ4n) is 1.61. The Morgan fingerprint density at radius 3 is 2.36 bits per heavy atom. The molecule has 0 saturated carbocycles. The largest absolute Gasteiger partial charge is 0.478 e. The monoisotopic (exact) mass is 363 g/mol. The summed E-state index contributed by atoms with van der Waals surface area (Å²) in [6.45, 7) is 0. The summed E-state index contributed by atoms with van der Waals surface area (Å²) in [6.07, 6.45) is 0. The fraction of sp³-hybridized carbons (Fsp3) is 0. The van der Waals surface area contributed by atoms with E-state index >= 15 is 0 Å². The average molecular weight is 364 g/mol. The summed E-state index contributed by atoms with van der Waals surface area (Å²) >= 11 is 11.5. The molecule has 2 aromatic rings. The van der Waals surface area contributed by atoms with Gasteiger partial charge in [-0.25, -0.2) is 17.6 Å². The van der Waals surface area contributed by atoms with Crippen LogP contribution >= 0.6 is 23.2 Å². The van der Waals surface area contributed by atoms with Crippen LogP contribution in [-0.4, -0.2) is 19.5 Å². The van der Waals surface area contributed by atoms with Gasteiger partial charge in [-0.15, -0.1) is 0 Å². The first-order chi connectivity index (χ1) is 10.2. The van der Waals surface area contributed by atoms with Gasteiger partial charge in [-0.2, -0.15) is 0 Å². The maximum atomic E-state index is 13.7. The molecule has 0 heterocycles. The number of carboxylic acid groups (broad SMARTS) is 1. The van der Waals surface area contributed by atoms with Crippen LogP contribution in [0.25, 0.3) is 0 Å². The molecule has 5 nitrogen and oxygen atoms in total. The first-order valence-corrected chi connectivity index (χ1v) is 7.95. The van der Waals surface area contributed by atoms with Crippen LogP contribution in [-0.2, 0) is 10.0 Å². The number of rotatable bonds is 4. The number of sulfonamides is 1. The number of nitrogens with one attached hydrogen (secondary N) is 1. The van der Waals surface area contributed by atoms with Gasteiger partial charge in [0.05, 0.1) is 21.3 Å². The molecule has 0 bridgehead atoms. The minimum Gasteiger partial charge on any atom is -0.478 e. The van der Waals surface area contributed by atoms with Crippen molar-refractivity contribution in [3.63, 3.8) is 0 Å². The quantitative estimate of drug-likeness (QED) is 0.868. The van der Waals surface area contributed by atoms with Crippen molar-refractivity contribution in [2.45, 2.75) is 4.90 Å². The Hall–Kier alpha value is -1.83. The molecule has 2 rings (SSSR count). The van der Waals surface area contributed by atoms with Crippen molar-refractivity contribution < 1.29 is 22.7 Å². The SMILES string of the molecule is O=C(O)c1ccc(F)c(S(=O)(=O)Nc2ccc(Cl)c(Cl)c2)c1. The zero-order valence-electron chi connectivity index (χ0n) is 10.7. The minimum absolute atomic E-state index is 0.0644. The smallest absolute Gasteiger partial charge is 0.335 e. The van der Waals surface area contributed by atoms with Gasteiger partial charge in [0.25, 0.3) is 10.0 Å². The lowest BCUT2D eigenvalue weighted by Crippen LogP contribution is -2.15. The third kappa shape index (κ3) is 3.49. The number of carboxylic acids is 1. The Balaban J connectivity index is 2.44. The van der Waals surface area contributed by atoms with E-state index < -0.39 is 26.7 Å². The highest BCUT2D eigenvalue weighted by molar-refractivity contribution is 7.92. The Bertz CT molecular complexity index is 855. The van der Waals surface area contributed by atoms with Crippen LogP contribution in [0.5, 0.6) is 0 Å². The third-order valence-electron chi connectivity index (χ3n) is 2.64. The van der Waals surface area contributed by atoms with Gasteiger partial charge in [-0.1, -0.05) is 23.2 Å². The van der Waals surface area contributed by atoms with Gasteiger partial charge in [0.2, 0.25) is 0 Å². The van der Waals surface area contributed by atoms with E-state index in [1.54, 1.807) is 0 Å². The topological polar surface area (TPSA) is 83.5 Å². The molecular weight excluding hydrogens is 356 g/mol. The molecule has 22 heavy (non-hydrogen) atoms. The van der Waals surface area contributed by atoms with Crippen LogP contribution in [0.15, 0.2) is 41.3 Å². The number of anilines is 1. The number of carbonyl (C=O) groups is 1. The summed E-state index contributed by atoms with van der Waals surface area (Å²) < 4.78 is 40.2. The standard InChI is InChI=1S/C13H8Cl2FNO4S/c14-9-3-2-8(6-10(9)15)17-22(20,21)12-5-7(13(18)19)1-4-11(12)16/h1-6,17H,(H,18,19). The van der Waals surface area contributed by atoms with E-state index in [2.05, 4.69) is 4.72 Å². The van der Waals surface area contributed by atoms with E-state index in [1.807, 2.05) is 0 Å². The van der Waals surface area contributed by atoms with Crippen molar-refractivity contribution >= 4 is 44.9 Å². The summed E-state index contributed by atoms with van der Waals surface area (Å²) in [4.78, 5) is 10.1. The molecule has 0 spiro atoms. The summed E-state index contributed by atoms with van der Waals surface area (Å²) in [6, 6.07) is 6.43. The van der Waals surface area contributed by atoms with E-state index in [0.29, 0.717) is 0 Å². The van der Waals surface area contributed by atoms with Crippen LogP contribution in [0.3, 0.4) is 0 Å². The molecule has 116 valence electrons. The molecule has 0 fully saturated rings. The summed E-state index contributed by atoms with van der Waals surface area (Å²) in [5.41, 5.74) is -0.287. The Labute approximate surface area is 135 Å². The van der Waals surface area contributed by atoms with Gasteiger partial charge in [-0.05, 0) is 36.4 Å². The number of aromatic carboxylic acids is 1. The lowest BCUT2D eigenvalue weighted by atomic mass is 10.2. The van der Waals surface area contributed by atoms with Crippen LogP contribution < -0.4 is 4.72 Å². The van der Waals surface area contributed by atoms with Crippen molar-refractivity contribution in [1.29, 1.82) is 0 Å². The van der Waals surface area contributed by atoms with Crippen molar-refractivity contribution in [3.8, 4) is 0 Å². The Kier molecular flexibility index (Phi) is 4.60. The maximum Gasteiger partial charge on any atom is 0.335 e. The van der Waals surface area contributed by atoms with Gasteiger partial charge in [-0.3, -0.25) is 4.72 Å². The first-order valence-electron chi connectivity index (χ1n) is 5.71. The molecule has 0 aliphatic carbocycles. The van der Waals surface area contributed by atoms with Gasteiger partial charge >= 0.3 is 5.97 Å². The third-order valence-corrected chi connectivity index (χ3v) is 4.77. The lowest BCUT2D eigenvalue weighted by molar-refractivity contribution is 0.0696. The molecule has 2 aromatic carbocycles. The van der Waals surface area contributed by atoms with Crippen molar-refractivity contribution in [2.24, 2.45) is 0 Å². The molecule has 9 heteroatoms. The Morgan fingerprint density at radius 1 is 1.09 bits per heavy atom. The number of hydrogen-bond donors (Lipinski definition) is 2. The van der Waals surface area contributed by atoms with Gasteiger partial charge in [0.15, 0.2) is 0 Å². The molecule has 0 saturated heterocycles. The van der Waals surface area contributed by atoms with Crippen LogP contribution in [0.2, 0.25) is 10.0 Å². The van der Waals surface area contributed by atoms with E-state index in [-0.39, 0.29) is 21.3 Å². The van der Waals surface area contributed by atoms with E-state index in [0.717, 1.165) is 18.2 Å². The zero-order valence-corrected chi connectivity index (χ0v) is 13.0. The van der Waals surface area contributed by atoms with E-state index in [4.69, 9.17) is 28.3 Å². The van der Waals surface area contributed by atoms with Crippen LogP contribution in [0.4, 0.5) is 10.1 Å². The van der Waals surface area contributed by atoms with Crippen molar-refractivity contribution in [2.75, 3.05) is 4.72 Å². The second kappa shape index (κ2) is 6.12. The molecule has 0 aliphatic rings. The maximum absolute atomic E-state index is 13.7. The van der Waals surface area contributed by atoms with Crippen molar-refractivity contribution in [1.82, 2.24) is 0 Å². The fourth-order valence-corrected chi connectivity index (χ4v) is 3.06. The van der Waals surface area contributed by atoms with E-state index in [9.17, 15) is 17.6 Å². The molecule has 0 atom stereocenters. The number of halogens is 3. The van der Waals surface area contributed by atoms with Crippen LogP contribution in [0, 0.1) is 5.82 Å². The van der Waals surface area contributed by atoms with Gasteiger partial charge in [0.1, 0.15) is 10.7 Å². The summed E-state index contributed by atoms with van der Waals surface area (Å²) in [5, 5.41) is 9.19. The highest BCUT2D eigenvalue weighted by Crippen LogP contribution is 2.27. The molecule has 0 amide bonds. The molecular formula is C13H8Cl2FNO4S. The van der Waals surface area contributed by atoms with Gasteiger partial charge in [0, 0.05) is 0 Å². The van der Waals surface area contributed by atoms with Gasteiger partial charge < -0.3 is 5.11 Å². The second-order valence-electron chi connectivity index (χ2n) is 4.18. The number of benzene rings is 2. The van der Waals surface area contributed by atoms with Crippen molar-refractivity contribution in [3.05, 3.63) is 57.8 Å². The molecule has 0 unspecified atom stereocenters. The highest BCUT2D eigenvalue weighted by atomic mass is 35.5. The predicted octanol–water partition coefficient (Wildman–Crippen LogP) is 3.63. The van der Waals surface area contributed by atoms with Crippen LogP contribution in [0.1, 0.15) is 10.4 Å². The number of hydrogen-bond acceptors (Lipinski definition) is 3. The minimum atomic E-state index is -4.32. The first kappa shape index (κ1) is 16.5. The highest BCUT2D eigenvalue weighted by Gasteiger charge is 2.21. The Morgan fingerprint density at radius 2 is 1.77 bits per heavy atom. The second-order valence-corrected chi connectivity index (χ2v) is 6.65. The zero-order chi connectivity index (χ0) is 16.5. The summed E-state index contributed by atoms with van der Waals surface area (Å²) in [5.74, 6) is -2.44.